The number of primary amides is 1. The van der Waals surface area contributed by atoms with Crippen molar-refractivity contribution >= 4 is 17.4 Å². The van der Waals surface area contributed by atoms with E-state index in [0.29, 0.717) is 11.4 Å². The molecule has 3 N–H and O–H groups in total. The summed E-state index contributed by atoms with van der Waals surface area (Å²) >= 11 is 0. The van der Waals surface area contributed by atoms with Crippen LogP contribution in [0.3, 0.4) is 0 Å². The molecule has 0 saturated carbocycles. The molecule has 0 radical (unpaired) electrons. The van der Waals surface area contributed by atoms with E-state index in [1.807, 2.05) is 35.9 Å². The van der Waals surface area contributed by atoms with Gasteiger partial charge in [0.15, 0.2) is 0 Å². The van der Waals surface area contributed by atoms with Gasteiger partial charge in [-0.3, -0.25) is 4.79 Å². The van der Waals surface area contributed by atoms with Crippen molar-refractivity contribution in [2.75, 3.05) is 5.32 Å². The summed E-state index contributed by atoms with van der Waals surface area (Å²) < 4.78 is 1.95. The minimum Gasteiger partial charge on any atom is -0.366 e. The highest BCUT2D eigenvalue weighted by Crippen LogP contribution is 2.26. The minimum atomic E-state index is -0.448. The van der Waals surface area contributed by atoms with Crippen molar-refractivity contribution in [3.63, 3.8) is 0 Å². The van der Waals surface area contributed by atoms with E-state index >= 15 is 0 Å². The molecule has 1 amide bonds. The van der Waals surface area contributed by atoms with Crippen LogP contribution < -0.4 is 11.1 Å². The zero-order chi connectivity index (χ0) is 20.4. The van der Waals surface area contributed by atoms with Gasteiger partial charge in [0.25, 0.3) is 0 Å². The maximum Gasteiger partial charge on any atom is 0.248 e. The number of carbonyl (C=O) groups excluding carboxylic acids is 1. The topological polar surface area (TPSA) is 85.8 Å². The molecule has 4 rings (SSSR count). The van der Waals surface area contributed by atoms with Crippen LogP contribution in [0, 0.1) is 13.8 Å². The van der Waals surface area contributed by atoms with Crippen LogP contribution in [0.15, 0.2) is 72.9 Å². The summed E-state index contributed by atoms with van der Waals surface area (Å²) in [6.07, 6.45) is 1.76. The van der Waals surface area contributed by atoms with Gasteiger partial charge in [-0.2, -0.15) is 5.10 Å². The van der Waals surface area contributed by atoms with Crippen LogP contribution in [0.25, 0.3) is 16.9 Å². The van der Waals surface area contributed by atoms with Crippen molar-refractivity contribution in [2.24, 2.45) is 5.73 Å². The van der Waals surface area contributed by atoms with Crippen molar-refractivity contribution in [2.45, 2.75) is 13.8 Å². The summed E-state index contributed by atoms with van der Waals surface area (Å²) in [5, 5.41) is 7.93. The number of hydrogen-bond donors (Lipinski definition) is 2. The number of aryl methyl sites for hydroxylation is 2. The van der Waals surface area contributed by atoms with Gasteiger partial charge in [-0.1, -0.05) is 12.1 Å². The standard InChI is InChI=1S/C23H21N5O/c1-15-4-3-5-20(12-15)28-21(13-16(2)27-28)18-10-11-25-22(14-18)26-19-8-6-17(7-9-19)23(24)29/h3-14H,1-2H3,(H2,24,29)(H,25,26). The lowest BCUT2D eigenvalue weighted by Crippen LogP contribution is -2.10. The molecular weight excluding hydrogens is 362 g/mol. The molecule has 0 aliphatic carbocycles. The van der Waals surface area contributed by atoms with Crippen LogP contribution in [0.5, 0.6) is 0 Å². The number of nitrogens with two attached hydrogens (primary N) is 1. The number of pyridine rings is 1. The summed E-state index contributed by atoms with van der Waals surface area (Å²) in [5.41, 5.74) is 11.7. The second-order valence-corrected chi connectivity index (χ2v) is 6.92. The van der Waals surface area contributed by atoms with Gasteiger partial charge >= 0.3 is 0 Å². The van der Waals surface area contributed by atoms with Gasteiger partial charge in [0.1, 0.15) is 5.82 Å². The molecule has 29 heavy (non-hydrogen) atoms. The van der Waals surface area contributed by atoms with Crippen molar-refractivity contribution in [1.29, 1.82) is 0 Å². The Hall–Kier alpha value is -3.93. The molecule has 0 unspecified atom stereocenters. The minimum absolute atomic E-state index is 0.448. The molecule has 2 aromatic carbocycles. The lowest BCUT2D eigenvalue weighted by atomic mass is 10.1. The van der Waals surface area contributed by atoms with E-state index in [2.05, 4.69) is 40.5 Å². The number of anilines is 2. The number of nitrogens with zero attached hydrogens (tertiary/aromatic N) is 3. The van der Waals surface area contributed by atoms with E-state index in [1.165, 1.54) is 5.56 Å². The molecular formula is C23H21N5O. The maximum atomic E-state index is 11.2. The predicted octanol–water partition coefficient (Wildman–Crippen LogP) is 4.39. The van der Waals surface area contributed by atoms with E-state index in [0.717, 1.165) is 28.3 Å². The second-order valence-electron chi connectivity index (χ2n) is 6.92. The van der Waals surface area contributed by atoms with Gasteiger partial charge in [-0.15, -0.1) is 0 Å². The fourth-order valence-electron chi connectivity index (χ4n) is 3.19. The largest absolute Gasteiger partial charge is 0.366 e. The summed E-state index contributed by atoms with van der Waals surface area (Å²) in [5.74, 6) is 0.250. The third kappa shape index (κ3) is 4.01. The maximum absolute atomic E-state index is 11.2. The first-order valence-corrected chi connectivity index (χ1v) is 9.26. The monoisotopic (exact) mass is 383 g/mol. The zero-order valence-electron chi connectivity index (χ0n) is 16.3. The molecule has 6 nitrogen and oxygen atoms in total. The van der Waals surface area contributed by atoms with Crippen LogP contribution in [0.1, 0.15) is 21.6 Å². The summed E-state index contributed by atoms with van der Waals surface area (Å²) in [6.45, 7) is 4.05. The highest BCUT2D eigenvalue weighted by molar-refractivity contribution is 5.93. The van der Waals surface area contributed by atoms with Gasteiger partial charge in [0.05, 0.1) is 17.1 Å². The van der Waals surface area contributed by atoms with Gasteiger partial charge in [-0.05, 0) is 74.0 Å². The van der Waals surface area contributed by atoms with Gasteiger partial charge < -0.3 is 11.1 Å². The number of amides is 1. The van der Waals surface area contributed by atoms with Gasteiger partial charge in [0.2, 0.25) is 5.91 Å². The molecule has 2 heterocycles. The average Bonchev–Trinajstić information content (AvgIpc) is 3.10. The summed E-state index contributed by atoms with van der Waals surface area (Å²) in [4.78, 5) is 15.6. The molecule has 144 valence electrons. The summed E-state index contributed by atoms with van der Waals surface area (Å²) in [7, 11) is 0. The number of aromatic nitrogens is 3. The quantitative estimate of drug-likeness (QED) is 0.535. The first-order valence-electron chi connectivity index (χ1n) is 9.26. The number of carbonyl (C=O) groups is 1. The predicted molar refractivity (Wildman–Crippen MR) is 115 cm³/mol. The lowest BCUT2D eigenvalue weighted by molar-refractivity contribution is 0.100. The Balaban J connectivity index is 1.67. The average molecular weight is 383 g/mol. The first kappa shape index (κ1) is 18.4. The van der Waals surface area contributed by atoms with E-state index < -0.39 is 5.91 Å². The highest BCUT2D eigenvalue weighted by atomic mass is 16.1. The van der Waals surface area contributed by atoms with Crippen LogP contribution in [-0.2, 0) is 0 Å². The Kier molecular flexibility index (Phi) is 4.83. The van der Waals surface area contributed by atoms with Crippen LogP contribution in [-0.4, -0.2) is 20.7 Å². The molecule has 0 aliphatic heterocycles. The van der Waals surface area contributed by atoms with Crippen LogP contribution in [0.2, 0.25) is 0 Å². The molecule has 0 saturated heterocycles. The van der Waals surface area contributed by atoms with Crippen molar-refractivity contribution in [1.82, 2.24) is 14.8 Å². The SMILES string of the molecule is Cc1cccc(-n2nc(C)cc2-c2ccnc(Nc3ccc(C(N)=O)cc3)c2)c1. The second kappa shape index (κ2) is 7.59. The Morgan fingerprint density at radius 2 is 1.79 bits per heavy atom. The van der Waals surface area contributed by atoms with Crippen molar-refractivity contribution < 1.29 is 4.79 Å². The van der Waals surface area contributed by atoms with Gasteiger partial charge in [-0.25, -0.2) is 9.67 Å². The number of rotatable bonds is 5. The fourth-order valence-corrected chi connectivity index (χ4v) is 3.19. The molecule has 0 spiro atoms. The first-order chi connectivity index (χ1) is 14.0. The molecule has 2 aromatic heterocycles. The van der Waals surface area contributed by atoms with Crippen molar-refractivity contribution in [3.05, 3.63) is 89.7 Å². The third-order valence-electron chi connectivity index (χ3n) is 4.58. The van der Waals surface area contributed by atoms with Gasteiger partial charge in [0, 0.05) is 23.0 Å². The molecule has 0 fully saturated rings. The van der Waals surface area contributed by atoms with E-state index in [1.54, 1.807) is 30.5 Å². The Labute approximate surface area is 169 Å². The van der Waals surface area contributed by atoms with E-state index in [4.69, 9.17) is 5.73 Å². The number of benzene rings is 2. The molecule has 0 bridgehead atoms. The zero-order valence-corrected chi connectivity index (χ0v) is 16.3. The normalized spacial score (nSPS) is 10.7. The van der Waals surface area contributed by atoms with Crippen LogP contribution in [0.4, 0.5) is 11.5 Å². The smallest absolute Gasteiger partial charge is 0.248 e. The Morgan fingerprint density at radius 1 is 1.00 bits per heavy atom. The fraction of sp³-hybridized carbons (Fsp3) is 0.0870. The summed E-state index contributed by atoms with van der Waals surface area (Å²) in [6, 6.07) is 21.2. The molecule has 6 heteroatoms. The van der Waals surface area contributed by atoms with E-state index in [9.17, 15) is 4.79 Å². The molecule has 0 aliphatic rings. The van der Waals surface area contributed by atoms with E-state index in [-0.39, 0.29) is 0 Å². The third-order valence-corrected chi connectivity index (χ3v) is 4.58. The highest BCUT2D eigenvalue weighted by Gasteiger charge is 2.11. The molecule has 0 atom stereocenters. The van der Waals surface area contributed by atoms with Crippen LogP contribution >= 0.6 is 0 Å². The van der Waals surface area contributed by atoms with Crippen molar-refractivity contribution in [3.8, 4) is 16.9 Å². The Bertz CT molecular complexity index is 1180. The Morgan fingerprint density at radius 3 is 2.52 bits per heavy atom. The molecule has 4 aromatic rings. The number of nitrogens with one attached hydrogen (secondary N) is 1. The number of hydrogen-bond acceptors (Lipinski definition) is 4. The lowest BCUT2D eigenvalue weighted by Gasteiger charge is -2.10.